The molecule has 3 aromatic rings. The maximum Gasteiger partial charge on any atom is 0.249 e. The van der Waals surface area contributed by atoms with Crippen molar-refractivity contribution in [3.63, 3.8) is 0 Å². The van der Waals surface area contributed by atoms with E-state index in [0.717, 1.165) is 24.2 Å². The molecule has 0 heterocycles. The molecule has 0 radical (unpaired) electrons. The SMILES string of the molecule is CCCC(C)C(=O)NC(COCc1ccccc1)C(=O)Nc1ccc(Oc2ccccc2)cc1. The Balaban J connectivity index is 1.61. The largest absolute Gasteiger partial charge is 0.457 e. The molecule has 0 bridgehead atoms. The molecule has 0 saturated heterocycles. The van der Waals surface area contributed by atoms with E-state index < -0.39 is 6.04 Å². The van der Waals surface area contributed by atoms with Crippen LogP contribution < -0.4 is 15.4 Å². The third kappa shape index (κ3) is 8.05. The minimum Gasteiger partial charge on any atom is -0.457 e. The maximum atomic E-state index is 13.0. The number of nitrogens with one attached hydrogen (secondary N) is 2. The summed E-state index contributed by atoms with van der Waals surface area (Å²) in [7, 11) is 0. The second kappa shape index (κ2) is 13.2. The molecule has 0 aliphatic rings. The highest BCUT2D eigenvalue weighted by Gasteiger charge is 2.24. The van der Waals surface area contributed by atoms with Crippen molar-refractivity contribution in [3.05, 3.63) is 90.5 Å². The molecule has 0 aliphatic heterocycles. The summed E-state index contributed by atoms with van der Waals surface area (Å²) in [6, 6.07) is 25.5. The van der Waals surface area contributed by atoms with Crippen LogP contribution in [-0.2, 0) is 20.9 Å². The molecule has 2 atom stereocenters. The van der Waals surface area contributed by atoms with Crippen LogP contribution in [0.2, 0.25) is 0 Å². The molecule has 0 fully saturated rings. The van der Waals surface area contributed by atoms with E-state index in [1.54, 1.807) is 24.3 Å². The van der Waals surface area contributed by atoms with E-state index in [0.29, 0.717) is 18.0 Å². The van der Waals surface area contributed by atoms with E-state index in [4.69, 9.17) is 9.47 Å². The molecule has 3 rings (SSSR count). The van der Waals surface area contributed by atoms with Gasteiger partial charge in [0.1, 0.15) is 17.5 Å². The summed E-state index contributed by atoms with van der Waals surface area (Å²) >= 11 is 0. The minimum atomic E-state index is -0.809. The van der Waals surface area contributed by atoms with Crippen LogP contribution in [0.5, 0.6) is 11.5 Å². The molecule has 0 saturated carbocycles. The maximum absolute atomic E-state index is 13.0. The standard InChI is InChI=1S/C28H32N2O4/c1-3-10-21(2)27(31)30-26(20-33-19-22-11-6-4-7-12-22)28(32)29-23-15-17-25(18-16-23)34-24-13-8-5-9-14-24/h4-9,11-18,21,26H,3,10,19-20H2,1-2H3,(H,29,32)(H,30,31). The van der Waals surface area contributed by atoms with E-state index in [1.807, 2.05) is 74.5 Å². The number of rotatable bonds is 12. The van der Waals surface area contributed by atoms with Crippen LogP contribution in [0.3, 0.4) is 0 Å². The second-order valence-corrected chi connectivity index (χ2v) is 8.18. The Kier molecular flexibility index (Phi) is 9.67. The van der Waals surface area contributed by atoms with E-state index in [-0.39, 0.29) is 24.3 Å². The average Bonchev–Trinajstić information content (AvgIpc) is 2.86. The van der Waals surface area contributed by atoms with Gasteiger partial charge in [-0.15, -0.1) is 0 Å². The fourth-order valence-corrected chi connectivity index (χ4v) is 3.39. The lowest BCUT2D eigenvalue weighted by molar-refractivity contribution is -0.130. The first-order valence-electron chi connectivity index (χ1n) is 11.6. The number of benzene rings is 3. The average molecular weight is 461 g/mol. The summed E-state index contributed by atoms with van der Waals surface area (Å²) in [6.07, 6.45) is 1.65. The molecule has 0 spiro atoms. The highest BCUT2D eigenvalue weighted by Crippen LogP contribution is 2.22. The van der Waals surface area contributed by atoms with Crippen LogP contribution in [0.25, 0.3) is 0 Å². The lowest BCUT2D eigenvalue weighted by atomic mass is 10.0. The Labute approximate surface area is 201 Å². The smallest absolute Gasteiger partial charge is 0.249 e. The number of hydrogen-bond acceptors (Lipinski definition) is 4. The zero-order chi connectivity index (χ0) is 24.2. The Morgan fingerprint density at radius 1 is 0.824 bits per heavy atom. The third-order valence-corrected chi connectivity index (χ3v) is 5.30. The van der Waals surface area contributed by atoms with Crippen LogP contribution in [0, 0.1) is 5.92 Å². The fraction of sp³-hybridized carbons (Fsp3) is 0.286. The molecule has 2 unspecified atom stereocenters. The van der Waals surface area contributed by atoms with Crippen molar-refractivity contribution < 1.29 is 19.1 Å². The van der Waals surface area contributed by atoms with E-state index >= 15 is 0 Å². The van der Waals surface area contributed by atoms with Gasteiger partial charge >= 0.3 is 0 Å². The molecular weight excluding hydrogens is 428 g/mol. The van der Waals surface area contributed by atoms with Gasteiger partial charge in [-0.3, -0.25) is 9.59 Å². The Morgan fingerprint density at radius 2 is 1.44 bits per heavy atom. The summed E-state index contributed by atoms with van der Waals surface area (Å²) in [5, 5.41) is 5.72. The normalized spacial score (nSPS) is 12.4. The quantitative estimate of drug-likeness (QED) is 0.371. The van der Waals surface area contributed by atoms with Gasteiger partial charge in [-0.2, -0.15) is 0 Å². The van der Waals surface area contributed by atoms with Gasteiger partial charge < -0.3 is 20.1 Å². The molecule has 2 N–H and O–H groups in total. The van der Waals surface area contributed by atoms with E-state index in [1.165, 1.54) is 0 Å². The monoisotopic (exact) mass is 460 g/mol. The predicted molar refractivity (Wildman–Crippen MR) is 134 cm³/mol. The lowest BCUT2D eigenvalue weighted by Gasteiger charge is -2.21. The van der Waals surface area contributed by atoms with Gasteiger partial charge in [-0.1, -0.05) is 68.8 Å². The first-order chi connectivity index (χ1) is 16.5. The van der Waals surface area contributed by atoms with Gasteiger partial charge in [0.05, 0.1) is 13.2 Å². The molecular formula is C28H32N2O4. The third-order valence-electron chi connectivity index (χ3n) is 5.30. The van der Waals surface area contributed by atoms with Gasteiger partial charge in [-0.25, -0.2) is 0 Å². The molecule has 0 aromatic heterocycles. The number of carbonyl (C=O) groups excluding carboxylic acids is 2. The van der Waals surface area contributed by atoms with Crippen LogP contribution in [0.4, 0.5) is 5.69 Å². The van der Waals surface area contributed by atoms with Gasteiger partial charge in [0.2, 0.25) is 11.8 Å². The fourth-order valence-electron chi connectivity index (χ4n) is 3.39. The Hall–Kier alpha value is -3.64. The number of ether oxygens (including phenoxy) is 2. The van der Waals surface area contributed by atoms with Crippen LogP contribution in [0.15, 0.2) is 84.9 Å². The Bertz CT molecular complexity index is 1020. The van der Waals surface area contributed by atoms with Gasteiger partial charge in [-0.05, 0) is 48.4 Å². The van der Waals surface area contributed by atoms with Gasteiger partial charge in [0.15, 0.2) is 0 Å². The molecule has 34 heavy (non-hydrogen) atoms. The Morgan fingerprint density at radius 3 is 2.09 bits per heavy atom. The van der Waals surface area contributed by atoms with Crippen molar-refractivity contribution in [2.24, 2.45) is 5.92 Å². The first-order valence-corrected chi connectivity index (χ1v) is 11.6. The molecule has 0 aliphatic carbocycles. The summed E-state index contributed by atoms with van der Waals surface area (Å²) < 4.78 is 11.6. The second-order valence-electron chi connectivity index (χ2n) is 8.18. The van der Waals surface area contributed by atoms with Crippen molar-refractivity contribution in [2.45, 2.75) is 39.3 Å². The van der Waals surface area contributed by atoms with Crippen LogP contribution in [0.1, 0.15) is 32.3 Å². The predicted octanol–water partition coefficient (Wildman–Crippen LogP) is 5.56. The van der Waals surface area contributed by atoms with Gasteiger partial charge in [0.25, 0.3) is 0 Å². The number of para-hydroxylation sites is 1. The minimum absolute atomic E-state index is 0.0700. The number of hydrogen-bond donors (Lipinski definition) is 2. The van der Waals surface area contributed by atoms with Gasteiger partial charge in [0, 0.05) is 11.6 Å². The number of amides is 2. The summed E-state index contributed by atoms with van der Waals surface area (Å²) in [5.74, 6) is 0.732. The van der Waals surface area contributed by atoms with Crippen molar-refractivity contribution in [2.75, 3.05) is 11.9 Å². The molecule has 6 heteroatoms. The van der Waals surface area contributed by atoms with E-state index in [9.17, 15) is 9.59 Å². The van der Waals surface area contributed by atoms with E-state index in [2.05, 4.69) is 10.6 Å². The number of anilines is 1. The highest BCUT2D eigenvalue weighted by atomic mass is 16.5. The highest BCUT2D eigenvalue weighted by molar-refractivity contribution is 5.97. The molecule has 178 valence electrons. The summed E-state index contributed by atoms with van der Waals surface area (Å²) in [6.45, 7) is 4.32. The van der Waals surface area contributed by atoms with Crippen LogP contribution >= 0.6 is 0 Å². The van der Waals surface area contributed by atoms with Crippen molar-refractivity contribution in [1.82, 2.24) is 5.32 Å². The summed E-state index contributed by atoms with van der Waals surface area (Å²) in [4.78, 5) is 25.6. The first kappa shape index (κ1) is 25.0. The molecule has 3 aromatic carbocycles. The lowest BCUT2D eigenvalue weighted by Crippen LogP contribution is -2.48. The van der Waals surface area contributed by atoms with Crippen molar-refractivity contribution in [1.29, 1.82) is 0 Å². The van der Waals surface area contributed by atoms with Crippen molar-refractivity contribution >= 4 is 17.5 Å². The molecule has 2 amide bonds. The zero-order valence-corrected chi connectivity index (χ0v) is 19.7. The number of carbonyl (C=O) groups is 2. The summed E-state index contributed by atoms with van der Waals surface area (Å²) in [5.41, 5.74) is 1.61. The van der Waals surface area contributed by atoms with Crippen molar-refractivity contribution in [3.8, 4) is 11.5 Å². The molecule has 6 nitrogen and oxygen atoms in total. The van der Waals surface area contributed by atoms with Crippen LogP contribution in [-0.4, -0.2) is 24.5 Å². The topological polar surface area (TPSA) is 76.7 Å². The zero-order valence-electron chi connectivity index (χ0n) is 19.7.